The maximum Gasteiger partial charge on any atom is 0.123 e. The van der Waals surface area contributed by atoms with E-state index < -0.39 is 0 Å². The van der Waals surface area contributed by atoms with Gasteiger partial charge in [0.05, 0.1) is 6.61 Å². The molecule has 1 heterocycles. The predicted molar refractivity (Wildman–Crippen MR) is 78.5 cm³/mol. The molecule has 20 heavy (non-hydrogen) atoms. The number of aliphatic hydroxyl groups is 1. The van der Waals surface area contributed by atoms with Crippen LogP contribution < -0.4 is 10.1 Å². The highest BCUT2D eigenvalue weighted by Gasteiger charge is 2.03. The molecule has 2 rings (SSSR count). The maximum absolute atomic E-state index is 8.83. The highest BCUT2D eigenvalue weighted by molar-refractivity contribution is 5.33. The number of para-hydroxylation sites is 1. The minimum absolute atomic E-state index is 0.0244. The van der Waals surface area contributed by atoms with Gasteiger partial charge in [-0.25, -0.2) is 0 Å². The van der Waals surface area contributed by atoms with Crippen LogP contribution in [0.4, 0.5) is 0 Å². The summed E-state index contributed by atoms with van der Waals surface area (Å²) in [6.07, 6.45) is 1.80. The van der Waals surface area contributed by atoms with Crippen LogP contribution in [0, 0.1) is 6.92 Å². The third-order valence-electron chi connectivity index (χ3n) is 3.07. The Hall–Kier alpha value is -1.91. The van der Waals surface area contributed by atoms with E-state index in [9.17, 15) is 0 Å². The first-order chi connectivity index (χ1) is 9.81. The average Bonchev–Trinajstić information content (AvgIpc) is 2.48. The molecule has 4 heteroatoms. The third-order valence-corrected chi connectivity index (χ3v) is 3.07. The van der Waals surface area contributed by atoms with Crippen LogP contribution in [0.15, 0.2) is 42.6 Å². The van der Waals surface area contributed by atoms with Crippen LogP contribution in [-0.4, -0.2) is 23.3 Å². The lowest BCUT2D eigenvalue weighted by Crippen LogP contribution is -2.15. The summed E-state index contributed by atoms with van der Waals surface area (Å²) >= 11 is 0. The summed E-state index contributed by atoms with van der Waals surface area (Å²) in [5.41, 5.74) is 3.33. The molecule has 0 aliphatic heterocycles. The van der Waals surface area contributed by atoms with E-state index >= 15 is 0 Å². The van der Waals surface area contributed by atoms with Crippen LogP contribution >= 0.6 is 0 Å². The first-order valence-corrected chi connectivity index (χ1v) is 6.74. The van der Waals surface area contributed by atoms with E-state index in [1.165, 1.54) is 5.56 Å². The van der Waals surface area contributed by atoms with Gasteiger partial charge in [-0.05, 0) is 24.6 Å². The van der Waals surface area contributed by atoms with Crippen molar-refractivity contribution in [3.8, 4) is 5.75 Å². The van der Waals surface area contributed by atoms with E-state index in [-0.39, 0.29) is 6.61 Å². The minimum atomic E-state index is 0.0244. The van der Waals surface area contributed by atoms with Crippen LogP contribution in [0.2, 0.25) is 0 Å². The molecule has 106 valence electrons. The molecule has 0 spiro atoms. The monoisotopic (exact) mass is 272 g/mol. The van der Waals surface area contributed by atoms with Gasteiger partial charge in [-0.2, -0.15) is 0 Å². The van der Waals surface area contributed by atoms with Crippen molar-refractivity contribution in [2.45, 2.75) is 20.0 Å². The zero-order valence-electron chi connectivity index (χ0n) is 11.7. The van der Waals surface area contributed by atoms with Gasteiger partial charge in [0, 0.05) is 30.5 Å². The number of ether oxygens (including phenoxy) is 1. The highest BCUT2D eigenvalue weighted by atomic mass is 16.5. The molecule has 2 N–H and O–H groups in total. The SMILES string of the molecule is Cc1ncccc1CNCc1ccccc1OCCO. The Morgan fingerprint density at radius 1 is 1.10 bits per heavy atom. The second kappa shape index (κ2) is 7.62. The molecule has 0 amide bonds. The Balaban J connectivity index is 1.92. The quantitative estimate of drug-likeness (QED) is 0.810. The summed E-state index contributed by atoms with van der Waals surface area (Å²) in [5.74, 6) is 0.817. The maximum atomic E-state index is 8.83. The van der Waals surface area contributed by atoms with Gasteiger partial charge in [-0.1, -0.05) is 24.3 Å². The van der Waals surface area contributed by atoms with Gasteiger partial charge in [0.25, 0.3) is 0 Å². The molecule has 0 atom stereocenters. The molecule has 0 fully saturated rings. The molecule has 2 aromatic rings. The molecule has 0 radical (unpaired) electrons. The van der Waals surface area contributed by atoms with Gasteiger partial charge in [0.15, 0.2) is 0 Å². The molecule has 4 nitrogen and oxygen atoms in total. The number of aromatic nitrogens is 1. The fourth-order valence-electron chi connectivity index (χ4n) is 1.98. The lowest BCUT2D eigenvalue weighted by atomic mass is 10.1. The van der Waals surface area contributed by atoms with E-state index in [2.05, 4.69) is 16.4 Å². The molecule has 1 aromatic heterocycles. The zero-order chi connectivity index (χ0) is 14.2. The zero-order valence-corrected chi connectivity index (χ0v) is 11.7. The van der Waals surface area contributed by atoms with E-state index in [0.717, 1.165) is 30.1 Å². The molecule has 0 aliphatic rings. The smallest absolute Gasteiger partial charge is 0.123 e. The molecular weight excluding hydrogens is 252 g/mol. The van der Waals surface area contributed by atoms with Gasteiger partial charge in [0.2, 0.25) is 0 Å². The lowest BCUT2D eigenvalue weighted by molar-refractivity contribution is 0.200. The van der Waals surface area contributed by atoms with Gasteiger partial charge in [-0.3, -0.25) is 4.98 Å². The molecule has 0 bridgehead atoms. The molecule has 0 saturated carbocycles. The molecule has 0 unspecified atom stereocenters. The number of nitrogens with one attached hydrogen (secondary N) is 1. The van der Waals surface area contributed by atoms with Crippen molar-refractivity contribution in [1.82, 2.24) is 10.3 Å². The Bertz CT molecular complexity index is 544. The lowest BCUT2D eigenvalue weighted by Gasteiger charge is -2.12. The molecule has 1 aromatic carbocycles. The summed E-state index contributed by atoms with van der Waals surface area (Å²) in [6.45, 7) is 3.84. The van der Waals surface area contributed by atoms with Gasteiger partial charge in [-0.15, -0.1) is 0 Å². The number of nitrogens with zero attached hydrogens (tertiary/aromatic N) is 1. The van der Waals surface area contributed by atoms with Crippen LogP contribution in [0.1, 0.15) is 16.8 Å². The molecule has 0 aliphatic carbocycles. The van der Waals surface area contributed by atoms with Crippen molar-refractivity contribution in [2.24, 2.45) is 0 Å². The predicted octanol–water partition coefficient (Wildman–Crippen LogP) is 2.05. The van der Waals surface area contributed by atoms with Crippen LogP contribution in [0.5, 0.6) is 5.75 Å². The van der Waals surface area contributed by atoms with Crippen molar-refractivity contribution in [1.29, 1.82) is 0 Å². The summed E-state index contributed by atoms with van der Waals surface area (Å²) in [6, 6.07) is 11.9. The van der Waals surface area contributed by atoms with Crippen molar-refractivity contribution < 1.29 is 9.84 Å². The second-order valence-corrected chi connectivity index (χ2v) is 4.53. The summed E-state index contributed by atoms with van der Waals surface area (Å²) in [4.78, 5) is 4.27. The Kier molecular flexibility index (Phi) is 5.53. The topological polar surface area (TPSA) is 54.4 Å². The number of aliphatic hydroxyl groups excluding tert-OH is 1. The summed E-state index contributed by atoms with van der Waals surface area (Å²) in [5, 5.41) is 12.2. The minimum Gasteiger partial charge on any atom is -0.491 e. The molecule has 0 saturated heterocycles. The Morgan fingerprint density at radius 3 is 2.65 bits per heavy atom. The Morgan fingerprint density at radius 2 is 1.85 bits per heavy atom. The van der Waals surface area contributed by atoms with Crippen molar-refractivity contribution >= 4 is 0 Å². The number of benzene rings is 1. The average molecular weight is 272 g/mol. The van der Waals surface area contributed by atoms with Crippen molar-refractivity contribution in [3.63, 3.8) is 0 Å². The first kappa shape index (κ1) is 14.5. The van der Waals surface area contributed by atoms with Crippen LogP contribution in [-0.2, 0) is 13.1 Å². The third kappa shape index (κ3) is 4.05. The van der Waals surface area contributed by atoms with Crippen LogP contribution in [0.25, 0.3) is 0 Å². The van der Waals surface area contributed by atoms with Gasteiger partial charge in [0.1, 0.15) is 12.4 Å². The molecular formula is C16H20N2O2. The van der Waals surface area contributed by atoms with E-state index in [4.69, 9.17) is 9.84 Å². The largest absolute Gasteiger partial charge is 0.491 e. The van der Waals surface area contributed by atoms with E-state index in [1.54, 1.807) is 6.20 Å². The fraction of sp³-hybridized carbons (Fsp3) is 0.312. The van der Waals surface area contributed by atoms with Crippen LogP contribution in [0.3, 0.4) is 0 Å². The summed E-state index contributed by atoms with van der Waals surface area (Å²) in [7, 11) is 0. The normalized spacial score (nSPS) is 10.5. The summed E-state index contributed by atoms with van der Waals surface area (Å²) < 4.78 is 5.51. The number of rotatable bonds is 7. The van der Waals surface area contributed by atoms with E-state index in [0.29, 0.717) is 6.61 Å². The number of pyridine rings is 1. The standard InChI is InChI=1S/C16H20N2O2/c1-13-14(6-4-8-18-13)11-17-12-15-5-2-3-7-16(15)20-10-9-19/h2-8,17,19H,9-12H2,1H3. The van der Waals surface area contributed by atoms with Crippen molar-refractivity contribution in [3.05, 3.63) is 59.4 Å². The number of hydrogen-bond donors (Lipinski definition) is 2. The Labute approximate surface area is 119 Å². The fourth-order valence-corrected chi connectivity index (χ4v) is 1.98. The van der Waals surface area contributed by atoms with Crippen molar-refractivity contribution in [2.75, 3.05) is 13.2 Å². The first-order valence-electron chi connectivity index (χ1n) is 6.74. The van der Waals surface area contributed by atoms with Gasteiger partial charge >= 0.3 is 0 Å². The highest BCUT2D eigenvalue weighted by Crippen LogP contribution is 2.17. The van der Waals surface area contributed by atoms with Gasteiger partial charge < -0.3 is 15.2 Å². The van der Waals surface area contributed by atoms with E-state index in [1.807, 2.05) is 37.3 Å². The second-order valence-electron chi connectivity index (χ2n) is 4.53. The number of hydrogen-bond acceptors (Lipinski definition) is 4. The number of aryl methyl sites for hydroxylation is 1.